The normalized spacial score (nSPS) is 13.4. The molecular formula is C12H19N3S. The van der Waals surface area contributed by atoms with Crippen molar-refractivity contribution in [1.29, 1.82) is 5.26 Å². The van der Waals surface area contributed by atoms with E-state index in [1.165, 1.54) is 4.88 Å². The van der Waals surface area contributed by atoms with Crippen LogP contribution in [0.15, 0.2) is 6.20 Å². The van der Waals surface area contributed by atoms with E-state index in [0.717, 1.165) is 11.6 Å². The van der Waals surface area contributed by atoms with Crippen molar-refractivity contribution in [2.24, 2.45) is 0 Å². The molecule has 0 aliphatic heterocycles. The van der Waals surface area contributed by atoms with Gasteiger partial charge in [0, 0.05) is 29.1 Å². The second kappa shape index (κ2) is 5.42. The van der Waals surface area contributed by atoms with Crippen molar-refractivity contribution in [2.75, 3.05) is 0 Å². The molecule has 0 aliphatic carbocycles. The predicted octanol–water partition coefficient (Wildman–Crippen LogP) is 2.83. The van der Waals surface area contributed by atoms with Gasteiger partial charge in [-0.3, -0.25) is 0 Å². The van der Waals surface area contributed by atoms with Crippen molar-refractivity contribution >= 4 is 11.3 Å². The molecule has 0 aliphatic rings. The Morgan fingerprint density at radius 1 is 1.56 bits per heavy atom. The van der Waals surface area contributed by atoms with Gasteiger partial charge in [-0.2, -0.15) is 5.26 Å². The number of nitriles is 1. The van der Waals surface area contributed by atoms with E-state index >= 15 is 0 Å². The lowest BCUT2D eigenvalue weighted by atomic mass is 9.98. The largest absolute Gasteiger partial charge is 0.308 e. The van der Waals surface area contributed by atoms with E-state index in [0.29, 0.717) is 6.42 Å². The molecule has 1 aromatic rings. The Morgan fingerprint density at radius 2 is 2.25 bits per heavy atom. The van der Waals surface area contributed by atoms with Gasteiger partial charge in [-0.25, -0.2) is 4.98 Å². The Labute approximate surface area is 102 Å². The Kier molecular flexibility index (Phi) is 4.45. The van der Waals surface area contributed by atoms with Crippen molar-refractivity contribution in [1.82, 2.24) is 10.3 Å². The minimum atomic E-state index is 0.126. The molecular weight excluding hydrogens is 218 g/mol. The monoisotopic (exact) mass is 237 g/mol. The molecule has 0 fully saturated rings. The molecule has 1 atom stereocenters. The number of thiazole rings is 1. The summed E-state index contributed by atoms with van der Waals surface area (Å²) in [6, 6.07) is 2.40. The molecule has 1 N–H and O–H groups in total. The maximum Gasteiger partial charge on any atom is 0.0981 e. The van der Waals surface area contributed by atoms with Gasteiger partial charge in [0.2, 0.25) is 0 Å². The van der Waals surface area contributed by atoms with Gasteiger partial charge in [0.05, 0.1) is 17.5 Å². The number of hydrogen-bond donors (Lipinski definition) is 1. The van der Waals surface area contributed by atoms with Crippen molar-refractivity contribution < 1.29 is 0 Å². The highest BCUT2D eigenvalue weighted by atomic mass is 32.1. The smallest absolute Gasteiger partial charge is 0.0981 e. The van der Waals surface area contributed by atoms with Gasteiger partial charge in [-0.15, -0.1) is 11.3 Å². The zero-order valence-electron chi connectivity index (χ0n) is 10.4. The average Bonchev–Trinajstić information content (AvgIpc) is 2.63. The standard InChI is InChI=1S/C12H19N3S/c1-9(5-6-13)14-7-10-8-15-11(16-10)12(2,3)4/h8-9,14H,5,7H2,1-4H3. The van der Waals surface area contributed by atoms with Gasteiger partial charge in [-0.1, -0.05) is 20.8 Å². The van der Waals surface area contributed by atoms with Crippen LogP contribution in [0, 0.1) is 11.3 Å². The first-order valence-corrected chi connectivity index (χ1v) is 6.30. The fraction of sp³-hybridized carbons (Fsp3) is 0.667. The average molecular weight is 237 g/mol. The highest BCUT2D eigenvalue weighted by molar-refractivity contribution is 7.11. The predicted molar refractivity (Wildman–Crippen MR) is 67.3 cm³/mol. The zero-order chi connectivity index (χ0) is 12.2. The van der Waals surface area contributed by atoms with E-state index in [9.17, 15) is 0 Å². The molecule has 1 heterocycles. The van der Waals surface area contributed by atoms with Gasteiger partial charge in [0.15, 0.2) is 0 Å². The Hall–Kier alpha value is -0.920. The first kappa shape index (κ1) is 13.1. The number of nitrogens with one attached hydrogen (secondary N) is 1. The second-order valence-electron chi connectivity index (χ2n) is 5.03. The van der Waals surface area contributed by atoms with Crippen LogP contribution in [-0.4, -0.2) is 11.0 Å². The third-order valence-electron chi connectivity index (χ3n) is 2.22. The van der Waals surface area contributed by atoms with E-state index in [1.54, 1.807) is 11.3 Å². The highest BCUT2D eigenvalue weighted by Crippen LogP contribution is 2.26. The summed E-state index contributed by atoms with van der Waals surface area (Å²) in [4.78, 5) is 5.66. The number of rotatable bonds is 4. The molecule has 88 valence electrons. The summed E-state index contributed by atoms with van der Waals surface area (Å²) in [5.74, 6) is 0. The van der Waals surface area contributed by atoms with Crippen molar-refractivity contribution in [2.45, 2.75) is 52.1 Å². The summed E-state index contributed by atoms with van der Waals surface area (Å²) in [6.45, 7) is 9.33. The van der Waals surface area contributed by atoms with Gasteiger partial charge < -0.3 is 5.32 Å². The van der Waals surface area contributed by atoms with Crippen LogP contribution in [0.25, 0.3) is 0 Å². The summed E-state index contributed by atoms with van der Waals surface area (Å²) in [5.41, 5.74) is 0.126. The van der Waals surface area contributed by atoms with Crippen LogP contribution in [-0.2, 0) is 12.0 Å². The topological polar surface area (TPSA) is 48.7 Å². The van der Waals surface area contributed by atoms with E-state index < -0.39 is 0 Å². The SMILES string of the molecule is CC(CC#N)NCc1cnc(C(C)(C)C)s1. The lowest BCUT2D eigenvalue weighted by Crippen LogP contribution is -2.24. The maximum atomic E-state index is 8.54. The molecule has 0 saturated heterocycles. The fourth-order valence-electron chi connectivity index (χ4n) is 1.22. The van der Waals surface area contributed by atoms with Crippen LogP contribution < -0.4 is 5.32 Å². The first-order chi connectivity index (χ1) is 7.43. The third kappa shape index (κ3) is 3.92. The molecule has 1 aromatic heterocycles. The Bertz CT molecular complexity index is 370. The zero-order valence-corrected chi connectivity index (χ0v) is 11.2. The molecule has 1 unspecified atom stereocenters. The van der Waals surface area contributed by atoms with Crippen LogP contribution in [0.1, 0.15) is 44.0 Å². The summed E-state index contributed by atoms with van der Waals surface area (Å²) < 4.78 is 0. The van der Waals surface area contributed by atoms with Crippen molar-refractivity contribution in [3.8, 4) is 6.07 Å². The number of nitrogens with zero attached hydrogens (tertiary/aromatic N) is 2. The summed E-state index contributed by atoms with van der Waals surface area (Å²) in [6.07, 6.45) is 2.47. The second-order valence-corrected chi connectivity index (χ2v) is 6.14. The molecule has 0 amide bonds. The molecule has 0 radical (unpaired) electrons. The molecule has 0 saturated carbocycles. The van der Waals surface area contributed by atoms with E-state index in [4.69, 9.17) is 5.26 Å². The van der Waals surface area contributed by atoms with Crippen LogP contribution >= 0.6 is 11.3 Å². The molecule has 0 bridgehead atoms. The fourth-order valence-corrected chi connectivity index (χ4v) is 2.14. The lowest BCUT2D eigenvalue weighted by Gasteiger charge is -2.13. The van der Waals surface area contributed by atoms with E-state index in [-0.39, 0.29) is 11.5 Å². The molecule has 4 heteroatoms. The van der Waals surface area contributed by atoms with Gasteiger partial charge >= 0.3 is 0 Å². The van der Waals surface area contributed by atoms with Crippen molar-refractivity contribution in [3.63, 3.8) is 0 Å². The highest BCUT2D eigenvalue weighted by Gasteiger charge is 2.17. The van der Waals surface area contributed by atoms with Crippen LogP contribution in [0.2, 0.25) is 0 Å². The molecule has 16 heavy (non-hydrogen) atoms. The molecule has 0 aromatic carbocycles. The van der Waals surface area contributed by atoms with Crippen molar-refractivity contribution in [3.05, 3.63) is 16.1 Å². The van der Waals surface area contributed by atoms with Gasteiger partial charge in [-0.05, 0) is 6.92 Å². The van der Waals surface area contributed by atoms with Crippen LogP contribution in [0.5, 0.6) is 0 Å². The quantitative estimate of drug-likeness (QED) is 0.876. The number of hydrogen-bond acceptors (Lipinski definition) is 4. The summed E-state index contributed by atoms with van der Waals surface area (Å²) in [5, 5.41) is 13.0. The first-order valence-electron chi connectivity index (χ1n) is 5.49. The molecule has 1 rings (SSSR count). The number of aromatic nitrogens is 1. The minimum Gasteiger partial charge on any atom is -0.308 e. The van der Waals surface area contributed by atoms with E-state index in [1.807, 2.05) is 13.1 Å². The molecule has 0 spiro atoms. The van der Waals surface area contributed by atoms with Crippen LogP contribution in [0.3, 0.4) is 0 Å². The van der Waals surface area contributed by atoms with Gasteiger partial charge in [0.25, 0.3) is 0 Å². The maximum absolute atomic E-state index is 8.54. The minimum absolute atomic E-state index is 0.126. The Balaban J connectivity index is 2.51. The summed E-state index contributed by atoms with van der Waals surface area (Å²) in [7, 11) is 0. The van der Waals surface area contributed by atoms with Gasteiger partial charge in [0.1, 0.15) is 0 Å². The molecule has 3 nitrogen and oxygen atoms in total. The van der Waals surface area contributed by atoms with E-state index in [2.05, 4.69) is 37.1 Å². The summed E-state index contributed by atoms with van der Waals surface area (Å²) >= 11 is 1.74. The lowest BCUT2D eigenvalue weighted by molar-refractivity contribution is 0.560. The van der Waals surface area contributed by atoms with Crippen LogP contribution in [0.4, 0.5) is 0 Å². The third-order valence-corrected chi connectivity index (χ3v) is 3.64. The Morgan fingerprint density at radius 3 is 2.75 bits per heavy atom.